The van der Waals surface area contributed by atoms with Crippen LogP contribution in [0.4, 0.5) is 4.79 Å². The summed E-state index contributed by atoms with van der Waals surface area (Å²) in [6, 6.07) is 15.1. The van der Waals surface area contributed by atoms with Gasteiger partial charge in [0.1, 0.15) is 24.0 Å². The number of hydrogen-bond acceptors (Lipinski definition) is 5. The van der Waals surface area contributed by atoms with Gasteiger partial charge in [0.2, 0.25) is 0 Å². The van der Waals surface area contributed by atoms with Crippen LogP contribution >= 0.6 is 11.6 Å². The minimum absolute atomic E-state index is 0.0910. The third kappa shape index (κ3) is 4.50. The molecule has 0 unspecified atom stereocenters. The predicted molar refractivity (Wildman–Crippen MR) is 106 cm³/mol. The van der Waals surface area contributed by atoms with Crippen molar-refractivity contribution in [1.29, 1.82) is 5.26 Å². The number of β-amino-alcohol motifs (C(OH)–C–C–N with tert-alkyl or cyclic N) is 1. The van der Waals surface area contributed by atoms with Gasteiger partial charge in [0.15, 0.2) is 0 Å². The molecule has 3 amide bonds. The van der Waals surface area contributed by atoms with Crippen molar-refractivity contribution < 1.29 is 19.4 Å². The fourth-order valence-electron chi connectivity index (χ4n) is 3.09. The van der Waals surface area contributed by atoms with Gasteiger partial charge in [0.05, 0.1) is 19.0 Å². The molecule has 1 aliphatic heterocycles. The van der Waals surface area contributed by atoms with E-state index < -0.39 is 23.6 Å². The lowest BCUT2D eigenvalue weighted by molar-refractivity contribution is -0.132. The van der Waals surface area contributed by atoms with Crippen molar-refractivity contribution in [3.8, 4) is 11.8 Å². The summed E-state index contributed by atoms with van der Waals surface area (Å²) < 4.78 is 5.51. The molecule has 2 atom stereocenters. The van der Waals surface area contributed by atoms with E-state index in [1.54, 1.807) is 55.5 Å². The highest BCUT2D eigenvalue weighted by molar-refractivity contribution is 6.30. The molecule has 0 spiro atoms. The van der Waals surface area contributed by atoms with Crippen molar-refractivity contribution in [2.24, 2.45) is 0 Å². The SMILES string of the molecule is C[C@@]1(c2ccc(Cl)cc2)NC(=O)N(C[C@H](O)COc2ccc(CC#N)cc2)C1=O. The summed E-state index contributed by atoms with van der Waals surface area (Å²) in [4.78, 5) is 26.2. The van der Waals surface area contributed by atoms with Crippen LogP contribution in [0.2, 0.25) is 5.02 Å². The van der Waals surface area contributed by atoms with Crippen LogP contribution in [0.1, 0.15) is 18.1 Å². The number of imide groups is 1. The maximum atomic E-state index is 12.9. The van der Waals surface area contributed by atoms with Gasteiger partial charge >= 0.3 is 6.03 Å². The summed E-state index contributed by atoms with van der Waals surface area (Å²) in [5.74, 6) is 0.0682. The van der Waals surface area contributed by atoms with Crippen molar-refractivity contribution in [2.45, 2.75) is 25.0 Å². The van der Waals surface area contributed by atoms with Crippen molar-refractivity contribution >= 4 is 23.5 Å². The molecule has 0 aromatic heterocycles. The fourth-order valence-corrected chi connectivity index (χ4v) is 3.22. The monoisotopic (exact) mass is 413 g/mol. The first kappa shape index (κ1) is 20.6. The lowest BCUT2D eigenvalue weighted by atomic mass is 9.92. The summed E-state index contributed by atoms with van der Waals surface area (Å²) in [7, 11) is 0. The van der Waals surface area contributed by atoms with Gasteiger partial charge in [-0.25, -0.2) is 4.79 Å². The lowest BCUT2D eigenvalue weighted by Crippen LogP contribution is -2.42. The molecule has 1 fully saturated rings. The van der Waals surface area contributed by atoms with Crippen LogP contribution in [0.3, 0.4) is 0 Å². The number of hydrogen-bond donors (Lipinski definition) is 2. The minimum Gasteiger partial charge on any atom is -0.491 e. The van der Waals surface area contributed by atoms with E-state index >= 15 is 0 Å². The molecule has 3 rings (SSSR count). The summed E-state index contributed by atoms with van der Waals surface area (Å²) in [6.45, 7) is 1.33. The summed E-state index contributed by atoms with van der Waals surface area (Å²) in [6.07, 6.45) is -0.752. The number of nitrogens with zero attached hydrogens (tertiary/aromatic N) is 2. The van der Waals surface area contributed by atoms with E-state index in [9.17, 15) is 14.7 Å². The molecule has 2 aromatic rings. The molecule has 0 bridgehead atoms. The lowest BCUT2D eigenvalue weighted by Gasteiger charge is -2.23. The Morgan fingerprint density at radius 3 is 2.48 bits per heavy atom. The molecule has 2 aromatic carbocycles. The largest absolute Gasteiger partial charge is 0.491 e. The molecule has 150 valence electrons. The molecular formula is C21H20ClN3O4. The molecule has 29 heavy (non-hydrogen) atoms. The molecule has 2 N–H and O–H groups in total. The molecule has 1 saturated heterocycles. The number of nitriles is 1. The second-order valence-corrected chi connectivity index (χ2v) is 7.36. The van der Waals surface area contributed by atoms with Crippen LogP contribution in [0.5, 0.6) is 5.75 Å². The summed E-state index contributed by atoms with van der Waals surface area (Å²) in [5, 5.41) is 22.1. The highest BCUT2D eigenvalue weighted by Gasteiger charge is 2.49. The zero-order chi connectivity index (χ0) is 21.0. The van der Waals surface area contributed by atoms with Gasteiger partial charge in [-0.15, -0.1) is 0 Å². The number of carbonyl (C=O) groups excluding carboxylic acids is 2. The van der Waals surface area contributed by atoms with Gasteiger partial charge in [0.25, 0.3) is 5.91 Å². The van der Waals surface area contributed by atoms with E-state index in [2.05, 4.69) is 11.4 Å². The van der Waals surface area contributed by atoms with Crippen molar-refractivity contribution in [3.63, 3.8) is 0 Å². The Balaban J connectivity index is 1.60. The third-order valence-electron chi connectivity index (χ3n) is 4.74. The van der Waals surface area contributed by atoms with Crippen LogP contribution < -0.4 is 10.1 Å². The quantitative estimate of drug-likeness (QED) is 0.679. The van der Waals surface area contributed by atoms with Crippen LogP contribution in [-0.2, 0) is 16.8 Å². The van der Waals surface area contributed by atoms with Crippen LogP contribution in [-0.4, -0.2) is 41.2 Å². The predicted octanol–water partition coefficient (Wildman–Crippen LogP) is 2.61. The Morgan fingerprint density at radius 2 is 1.86 bits per heavy atom. The molecule has 1 heterocycles. The van der Waals surface area contributed by atoms with Gasteiger partial charge in [0, 0.05) is 5.02 Å². The number of amides is 3. The first-order valence-corrected chi connectivity index (χ1v) is 9.38. The van der Waals surface area contributed by atoms with Crippen molar-refractivity contribution in [3.05, 3.63) is 64.7 Å². The molecular weight excluding hydrogens is 394 g/mol. The van der Waals surface area contributed by atoms with Crippen molar-refractivity contribution in [2.75, 3.05) is 13.2 Å². The van der Waals surface area contributed by atoms with Gasteiger partial charge in [-0.3, -0.25) is 9.69 Å². The van der Waals surface area contributed by atoms with E-state index in [0.717, 1.165) is 10.5 Å². The normalized spacial score (nSPS) is 19.6. The van der Waals surface area contributed by atoms with Crippen LogP contribution in [0, 0.1) is 11.3 Å². The Bertz CT molecular complexity index is 940. The van der Waals surface area contributed by atoms with Crippen LogP contribution in [0.25, 0.3) is 0 Å². The Labute approximate surface area is 173 Å². The van der Waals surface area contributed by atoms with E-state index in [-0.39, 0.29) is 13.2 Å². The average molecular weight is 414 g/mol. The smallest absolute Gasteiger partial charge is 0.325 e. The fraction of sp³-hybridized carbons (Fsp3) is 0.286. The number of carbonyl (C=O) groups is 2. The second kappa shape index (κ2) is 8.52. The second-order valence-electron chi connectivity index (χ2n) is 6.92. The van der Waals surface area contributed by atoms with E-state index in [1.807, 2.05) is 0 Å². The van der Waals surface area contributed by atoms with Crippen LogP contribution in [0.15, 0.2) is 48.5 Å². The molecule has 1 aliphatic rings. The molecule has 0 aliphatic carbocycles. The Morgan fingerprint density at radius 1 is 1.21 bits per heavy atom. The first-order valence-electron chi connectivity index (χ1n) is 9.00. The number of benzene rings is 2. The number of nitrogens with one attached hydrogen (secondary N) is 1. The van der Waals surface area contributed by atoms with Crippen molar-refractivity contribution in [1.82, 2.24) is 10.2 Å². The zero-order valence-electron chi connectivity index (χ0n) is 15.8. The number of ether oxygens (including phenoxy) is 1. The Hall–Kier alpha value is -3.08. The first-order chi connectivity index (χ1) is 13.8. The van der Waals surface area contributed by atoms with E-state index in [0.29, 0.717) is 22.8 Å². The Kier molecular flexibility index (Phi) is 6.06. The number of urea groups is 1. The van der Waals surface area contributed by atoms with Gasteiger partial charge in [-0.05, 0) is 42.3 Å². The number of aliphatic hydroxyl groups excluding tert-OH is 1. The number of aliphatic hydroxyl groups is 1. The van der Waals surface area contributed by atoms with E-state index in [1.165, 1.54) is 0 Å². The minimum atomic E-state index is -1.22. The topological polar surface area (TPSA) is 103 Å². The molecule has 8 heteroatoms. The third-order valence-corrected chi connectivity index (χ3v) is 4.99. The molecule has 7 nitrogen and oxygen atoms in total. The van der Waals surface area contributed by atoms with Gasteiger partial charge < -0.3 is 15.2 Å². The van der Waals surface area contributed by atoms with Gasteiger partial charge in [-0.1, -0.05) is 35.9 Å². The van der Waals surface area contributed by atoms with Gasteiger partial charge in [-0.2, -0.15) is 5.26 Å². The highest BCUT2D eigenvalue weighted by Crippen LogP contribution is 2.29. The van der Waals surface area contributed by atoms with E-state index in [4.69, 9.17) is 21.6 Å². The summed E-state index contributed by atoms with van der Waals surface area (Å²) >= 11 is 5.89. The number of rotatable bonds is 7. The number of halogens is 1. The molecule has 0 saturated carbocycles. The standard InChI is InChI=1S/C21H20ClN3O4/c1-21(15-4-6-16(22)7-5-15)19(27)25(20(28)24-21)12-17(26)13-29-18-8-2-14(3-9-18)10-11-23/h2-9,17,26H,10,12-13H2,1H3,(H,24,28)/t17-,21-/m0/s1. The maximum Gasteiger partial charge on any atom is 0.325 e. The maximum absolute atomic E-state index is 12.9. The zero-order valence-corrected chi connectivity index (χ0v) is 16.5. The average Bonchev–Trinajstić information content (AvgIpc) is 2.92. The summed E-state index contributed by atoms with van der Waals surface area (Å²) in [5.41, 5.74) is 0.242. The molecule has 0 radical (unpaired) electrons. The highest BCUT2D eigenvalue weighted by atomic mass is 35.5.